The minimum Gasteiger partial charge on any atom is -0.862 e. The molecule has 1 aliphatic heterocycles. The molecule has 0 aromatic rings. The summed E-state index contributed by atoms with van der Waals surface area (Å²) >= 11 is 0. The van der Waals surface area contributed by atoms with Crippen molar-refractivity contribution in [3.8, 4) is 6.07 Å². The Labute approximate surface area is 235 Å². The number of rotatable bonds is 15. The van der Waals surface area contributed by atoms with E-state index in [9.17, 15) is 18.8 Å². The minimum absolute atomic E-state index is 0. The fraction of sp³-hybridized carbons (Fsp3) is 0.920. The van der Waals surface area contributed by atoms with Crippen molar-refractivity contribution in [3.05, 3.63) is 0 Å². The molecule has 35 heavy (non-hydrogen) atoms. The van der Waals surface area contributed by atoms with Gasteiger partial charge in [-0.3, -0.25) is 9.39 Å². The zero-order valence-corrected chi connectivity index (χ0v) is 25.9. The van der Waals surface area contributed by atoms with Gasteiger partial charge >= 0.3 is 29.6 Å². The molecule has 0 aromatic heterocycles. The van der Waals surface area contributed by atoms with Crippen LogP contribution in [0.5, 0.6) is 0 Å². The maximum Gasteiger partial charge on any atom is 1.00 e. The second-order valence-corrected chi connectivity index (χ2v) is 13.0. The Morgan fingerprint density at radius 3 is 1.89 bits per heavy atom. The van der Waals surface area contributed by atoms with E-state index in [1.54, 1.807) is 13.8 Å². The Morgan fingerprint density at radius 1 is 1.03 bits per heavy atom. The summed E-state index contributed by atoms with van der Waals surface area (Å²) in [6.45, 7) is 11.8. The molecule has 8 nitrogen and oxygen atoms in total. The van der Waals surface area contributed by atoms with E-state index in [1.807, 2.05) is 5.06 Å². The Bertz CT molecular complexity index is 788. The standard InChI is InChI=1S/C25H47N3O5S.Na/c1-23(2)18-21(19-24(3,4)28(23)33-25(5,6)20-26)27-22(29)16-14-12-10-8-7-9-11-13-15-17-34(30,31)32;/h21H,7-19H2,1-6H3,(H,27,29)(H,30,31,32);/q;+1/p-1. The first-order chi connectivity index (χ1) is 15.6. The van der Waals surface area contributed by atoms with Crippen LogP contribution in [0, 0.1) is 11.3 Å². The number of hydrogen-bond acceptors (Lipinski definition) is 7. The fourth-order valence-electron chi connectivity index (χ4n) is 4.86. The van der Waals surface area contributed by atoms with Crippen molar-refractivity contribution >= 4 is 16.0 Å². The predicted octanol–water partition coefficient (Wildman–Crippen LogP) is 1.79. The molecule has 1 N–H and O–H groups in total. The van der Waals surface area contributed by atoms with Crippen molar-refractivity contribution < 1.29 is 52.5 Å². The molecule has 0 spiro atoms. The number of nitriles is 1. The monoisotopic (exact) mass is 523 g/mol. The second kappa shape index (κ2) is 15.3. The Balaban J connectivity index is 0.0000116. The molecule has 0 radical (unpaired) electrons. The maximum absolute atomic E-state index is 12.5. The van der Waals surface area contributed by atoms with Crippen LogP contribution in [0.1, 0.15) is 119 Å². The van der Waals surface area contributed by atoms with Crippen molar-refractivity contribution in [1.29, 1.82) is 5.26 Å². The molecule has 1 saturated heterocycles. The summed E-state index contributed by atoms with van der Waals surface area (Å²) in [4.78, 5) is 10.6. The van der Waals surface area contributed by atoms with Crippen molar-refractivity contribution in [1.82, 2.24) is 5.06 Å². The van der Waals surface area contributed by atoms with E-state index in [0.29, 0.717) is 25.7 Å². The number of nitrogens with zero attached hydrogens (tertiary/aromatic N) is 3. The molecule has 1 fully saturated rings. The Hall–Kier alpha value is -0.210. The van der Waals surface area contributed by atoms with Crippen molar-refractivity contribution in [2.45, 2.75) is 141 Å². The van der Waals surface area contributed by atoms with Crippen LogP contribution in [-0.4, -0.2) is 52.4 Å². The number of aliphatic imine (C=N–C) groups is 1. The number of hydroxylamine groups is 2. The molecule has 1 rings (SSSR count). The predicted molar refractivity (Wildman–Crippen MR) is 134 cm³/mol. The summed E-state index contributed by atoms with van der Waals surface area (Å²) < 4.78 is 30.0. The Morgan fingerprint density at radius 2 is 1.46 bits per heavy atom. The fourth-order valence-corrected chi connectivity index (χ4v) is 5.43. The van der Waals surface area contributed by atoms with E-state index in [2.05, 4.69) is 38.8 Å². The van der Waals surface area contributed by atoms with Gasteiger partial charge in [-0.1, -0.05) is 44.9 Å². The molecule has 0 unspecified atom stereocenters. The second-order valence-electron chi connectivity index (χ2n) is 11.4. The van der Waals surface area contributed by atoms with Crippen LogP contribution < -0.4 is 34.7 Å². The van der Waals surface area contributed by atoms with Gasteiger partial charge in [-0.2, -0.15) is 18.7 Å². The maximum atomic E-state index is 12.5. The molecule has 1 aliphatic rings. The third kappa shape index (κ3) is 14.3. The van der Waals surface area contributed by atoms with Crippen molar-refractivity contribution in [2.24, 2.45) is 4.99 Å². The van der Waals surface area contributed by atoms with E-state index < -0.39 is 15.7 Å². The quantitative estimate of drug-likeness (QED) is 0.114. The van der Waals surface area contributed by atoms with Crippen LogP contribution in [0.3, 0.4) is 0 Å². The van der Waals surface area contributed by atoms with Gasteiger partial charge in [0.25, 0.3) is 10.1 Å². The van der Waals surface area contributed by atoms with Gasteiger partial charge in [0.15, 0.2) is 5.60 Å². The van der Waals surface area contributed by atoms with E-state index in [4.69, 9.17) is 9.39 Å². The van der Waals surface area contributed by atoms with E-state index in [-0.39, 0.29) is 58.3 Å². The van der Waals surface area contributed by atoms with E-state index in [0.717, 1.165) is 51.4 Å². The van der Waals surface area contributed by atoms with Gasteiger partial charge in [0, 0.05) is 11.1 Å². The molecule has 0 aromatic carbocycles. The van der Waals surface area contributed by atoms with Crippen molar-refractivity contribution in [3.63, 3.8) is 0 Å². The smallest absolute Gasteiger partial charge is 0.862 e. The first-order valence-electron chi connectivity index (χ1n) is 12.7. The molecule has 198 valence electrons. The summed E-state index contributed by atoms with van der Waals surface area (Å²) in [5, 5.41) is 23.8. The molecule has 10 heteroatoms. The Kier molecular flexibility index (Phi) is 15.2. The molecule has 1 heterocycles. The van der Waals surface area contributed by atoms with E-state index in [1.165, 1.54) is 0 Å². The zero-order chi connectivity index (χ0) is 26.0. The first kappa shape index (κ1) is 34.8. The van der Waals surface area contributed by atoms with Gasteiger partial charge < -0.3 is 10.1 Å². The first-order valence-corrected chi connectivity index (χ1v) is 14.3. The van der Waals surface area contributed by atoms with Gasteiger partial charge in [-0.05, 0) is 79.5 Å². The summed E-state index contributed by atoms with van der Waals surface area (Å²) in [5.74, 6) is -0.171. The zero-order valence-electron chi connectivity index (χ0n) is 23.1. The number of piperidine rings is 1. The van der Waals surface area contributed by atoms with E-state index >= 15 is 0 Å². The van der Waals surface area contributed by atoms with Gasteiger partial charge in [-0.15, -0.1) is 0 Å². The largest absolute Gasteiger partial charge is 1.00 e. The topological polar surface area (TPSA) is 126 Å². The molecule has 0 atom stereocenters. The van der Waals surface area contributed by atoms with Crippen LogP contribution in [0.4, 0.5) is 0 Å². The van der Waals surface area contributed by atoms with Crippen molar-refractivity contribution in [2.75, 3.05) is 5.75 Å². The average Bonchev–Trinajstić information content (AvgIpc) is 2.67. The molecule has 0 bridgehead atoms. The molecule has 0 saturated carbocycles. The molecule has 0 amide bonds. The third-order valence-electron chi connectivity index (χ3n) is 6.28. The van der Waals surface area contributed by atoms with Crippen LogP contribution in [0.2, 0.25) is 0 Å². The normalized spacial score (nSPS) is 19.2. The SMILES string of the molecule is CC(C)(C#N)ON1C(C)(C)CC(N=C([O-])CCCCCCCCCCCS(=O)(=O)O)CC1(C)C.[Na+]. The minimum atomic E-state index is -3.82. The van der Waals surface area contributed by atoms with Gasteiger partial charge in [0.1, 0.15) is 0 Å². The molecule has 0 aliphatic carbocycles. The number of hydrogen-bond donors (Lipinski definition) is 1. The van der Waals surface area contributed by atoms with Crippen LogP contribution in [0.25, 0.3) is 0 Å². The number of unbranched alkanes of at least 4 members (excludes halogenated alkanes) is 8. The average molecular weight is 524 g/mol. The summed E-state index contributed by atoms with van der Waals surface area (Å²) in [7, 11) is -3.82. The molecular formula is C25H46N3NaO5S. The summed E-state index contributed by atoms with van der Waals surface area (Å²) in [6.07, 6.45) is 10.4. The third-order valence-corrected chi connectivity index (χ3v) is 7.08. The van der Waals surface area contributed by atoms with Crippen LogP contribution in [0.15, 0.2) is 4.99 Å². The van der Waals surface area contributed by atoms with Crippen LogP contribution in [-0.2, 0) is 15.0 Å². The molecular weight excluding hydrogens is 477 g/mol. The summed E-state index contributed by atoms with van der Waals surface area (Å²) in [5.41, 5.74) is -1.62. The van der Waals surface area contributed by atoms with Crippen LogP contribution >= 0.6 is 0 Å². The van der Waals surface area contributed by atoms with Gasteiger partial charge in [0.05, 0.1) is 17.9 Å². The van der Waals surface area contributed by atoms with Gasteiger partial charge in [-0.25, -0.2) is 0 Å². The van der Waals surface area contributed by atoms with Gasteiger partial charge in [0.2, 0.25) is 0 Å². The summed E-state index contributed by atoms with van der Waals surface area (Å²) in [6, 6.07) is 2.14.